The predicted molar refractivity (Wildman–Crippen MR) is 54.9 cm³/mol. The molecule has 12 heavy (non-hydrogen) atoms. The normalized spacial score (nSPS) is 15.7. The standard InChI is InChI=1S/C10H12Cl2/c1-3-10(2,12)8-5-4-6-9(11)7-8/h4-7H,3H2,1-2H3. The Morgan fingerprint density at radius 2 is 2.08 bits per heavy atom. The summed E-state index contributed by atoms with van der Waals surface area (Å²) < 4.78 is 0. The second kappa shape index (κ2) is 3.68. The molecule has 1 unspecified atom stereocenters. The number of halogens is 2. The quantitative estimate of drug-likeness (QED) is 0.631. The first kappa shape index (κ1) is 9.88. The molecular formula is C10H12Cl2. The van der Waals surface area contributed by atoms with Crippen molar-refractivity contribution in [2.24, 2.45) is 0 Å². The van der Waals surface area contributed by atoms with Gasteiger partial charge >= 0.3 is 0 Å². The summed E-state index contributed by atoms with van der Waals surface area (Å²) in [5, 5.41) is 0.743. The van der Waals surface area contributed by atoms with E-state index < -0.39 is 0 Å². The van der Waals surface area contributed by atoms with E-state index in [1.807, 2.05) is 31.2 Å². The minimum atomic E-state index is -0.287. The summed E-state index contributed by atoms with van der Waals surface area (Å²) in [6, 6.07) is 7.70. The SMILES string of the molecule is CCC(C)(Cl)c1cccc(Cl)c1. The molecule has 0 heterocycles. The molecule has 0 aliphatic rings. The van der Waals surface area contributed by atoms with Gasteiger partial charge in [0.05, 0.1) is 4.87 Å². The minimum Gasteiger partial charge on any atom is -0.114 e. The molecule has 0 N–H and O–H groups in total. The Bertz CT molecular complexity index is 266. The van der Waals surface area contributed by atoms with Crippen LogP contribution in [0.3, 0.4) is 0 Å². The summed E-state index contributed by atoms with van der Waals surface area (Å²) in [5.74, 6) is 0. The Labute approximate surface area is 83.5 Å². The van der Waals surface area contributed by atoms with E-state index in [2.05, 4.69) is 6.92 Å². The number of rotatable bonds is 2. The molecule has 0 spiro atoms. The minimum absolute atomic E-state index is 0.287. The van der Waals surface area contributed by atoms with Gasteiger partial charge in [-0.1, -0.05) is 30.7 Å². The zero-order valence-corrected chi connectivity index (χ0v) is 8.78. The van der Waals surface area contributed by atoms with Crippen molar-refractivity contribution in [1.82, 2.24) is 0 Å². The van der Waals surface area contributed by atoms with Crippen LogP contribution in [0.1, 0.15) is 25.8 Å². The van der Waals surface area contributed by atoms with Gasteiger partial charge in [-0.25, -0.2) is 0 Å². The van der Waals surface area contributed by atoms with E-state index in [1.54, 1.807) is 0 Å². The highest BCUT2D eigenvalue weighted by atomic mass is 35.5. The smallest absolute Gasteiger partial charge is 0.0664 e. The van der Waals surface area contributed by atoms with Crippen molar-refractivity contribution < 1.29 is 0 Å². The molecule has 1 aromatic rings. The molecule has 0 amide bonds. The summed E-state index contributed by atoms with van der Waals surface area (Å²) in [4.78, 5) is -0.287. The monoisotopic (exact) mass is 202 g/mol. The van der Waals surface area contributed by atoms with Crippen molar-refractivity contribution in [3.05, 3.63) is 34.9 Å². The average molecular weight is 203 g/mol. The predicted octanol–water partition coefficient (Wildman–Crippen LogP) is 4.20. The molecule has 0 nitrogen and oxygen atoms in total. The van der Waals surface area contributed by atoms with Gasteiger partial charge < -0.3 is 0 Å². The van der Waals surface area contributed by atoms with Crippen molar-refractivity contribution in [2.45, 2.75) is 25.1 Å². The lowest BCUT2D eigenvalue weighted by atomic mass is 9.98. The van der Waals surface area contributed by atoms with Crippen LogP contribution in [0.2, 0.25) is 5.02 Å². The molecular weight excluding hydrogens is 191 g/mol. The van der Waals surface area contributed by atoms with Crippen LogP contribution in [-0.4, -0.2) is 0 Å². The maximum absolute atomic E-state index is 6.26. The number of hydrogen-bond acceptors (Lipinski definition) is 0. The van der Waals surface area contributed by atoms with Gasteiger partial charge in [-0.3, -0.25) is 0 Å². The van der Waals surface area contributed by atoms with Crippen molar-refractivity contribution >= 4 is 23.2 Å². The molecule has 1 aromatic carbocycles. The first-order valence-electron chi connectivity index (χ1n) is 4.01. The van der Waals surface area contributed by atoms with Crippen molar-refractivity contribution in [2.75, 3.05) is 0 Å². The van der Waals surface area contributed by atoms with Crippen molar-refractivity contribution in [3.63, 3.8) is 0 Å². The Kier molecular flexibility index (Phi) is 3.03. The third-order valence-electron chi connectivity index (χ3n) is 2.09. The van der Waals surface area contributed by atoms with Gasteiger partial charge in [-0.15, -0.1) is 11.6 Å². The second-order valence-corrected chi connectivity index (χ2v) is 4.33. The van der Waals surface area contributed by atoms with E-state index in [9.17, 15) is 0 Å². The van der Waals surface area contributed by atoms with E-state index in [0.29, 0.717) is 0 Å². The van der Waals surface area contributed by atoms with Crippen LogP contribution in [0.25, 0.3) is 0 Å². The maximum Gasteiger partial charge on any atom is 0.0664 e. The van der Waals surface area contributed by atoms with Gasteiger partial charge in [0.2, 0.25) is 0 Å². The van der Waals surface area contributed by atoms with E-state index in [0.717, 1.165) is 17.0 Å². The highest BCUT2D eigenvalue weighted by molar-refractivity contribution is 6.31. The molecule has 0 saturated carbocycles. The molecule has 0 aliphatic heterocycles. The van der Waals surface area contributed by atoms with Gasteiger partial charge in [-0.05, 0) is 31.0 Å². The molecule has 2 heteroatoms. The van der Waals surface area contributed by atoms with Crippen LogP contribution < -0.4 is 0 Å². The first-order valence-corrected chi connectivity index (χ1v) is 4.77. The highest BCUT2D eigenvalue weighted by Crippen LogP contribution is 2.32. The molecule has 0 fully saturated rings. The third kappa shape index (κ3) is 2.15. The third-order valence-corrected chi connectivity index (χ3v) is 2.81. The second-order valence-electron chi connectivity index (χ2n) is 3.06. The van der Waals surface area contributed by atoms with Crippen LogP contribution in [0.4, 0.5) is 0 Å². The lowest BCUT2D eigenvalue weighted by Crippen LogP contribution is -2.11. The van der Waals surface area contributed by atoms with Crippen molar-refractivity contribution in [3.8, 4) is 0 Å². The zero-order chi connectivity index (χ0) is 9.19. The molecule has 0 bridgehead atoms. The summed E-state index contributed by atoms with van der Waals surface area (Å²) in [6.07, 6.45) is 0.898. The van der Waals surface area contributed by atoms with Gasteiger partial charge in [0.25, 0.3) is 0 Å². The average Bonchev–Trinajstić information content (AvgIpc) is 2.05. The highest BCUT2D eigenvalue weighted by Gasteiger charge is 2.20. The molecule has 66 valence electrons. The zero-order valence-electron chi connectivity index (χ0n) is 7.27. The van der Waals surface area contributed by atoms with E-state index >= 15 is 0 Å². The Hall–Kier alpha value is -0.200. The topological polar surface area (TPSA) is 0 Å². The molecule has 0 aromatic heterocycles. The van der Waals surface area contributed by atoms with E-state index in [4.69, 9.17) is 23.2 Å². The summed E-state index contributed by atoms with van der Waals surface area (Å²) >= 11 is 12.1. The molecule has 1 atom stereocenters. The van der Waals surface area contributed by atoms with E-state index in [1.165, 1.54) is 0 Å². The number of alkyl halides is 1. The lowest BCUT2D eigenvalue weighted by molar-refractivity contribution is 0.650. The fraction of sp³-hybridized carbons (Fsp3) is 0.400. The van der Waals surface area contributed by atoms with Crippen LogP contribution in [0.5, 0.6) is 0 Å². The van der Waals surface area contributed by atoms with Gasteiger partial charge in [-0.2, -0.15) is 0 Å². The number of hydrogen-bond donors (Lipinski definition) is 0. The van der Waals surface area contributed by atoms with Crippen LogP contribution in [0, 0.1) is 0 Å². The number of benzene rings is 1. The molecule has 1 rings (SSSR count). The van der Waals surface area contributed by atoms with Crippen molar-refractivity contribution in [1.29, 1.82) is 0 Å². The molecule has 0 saturated heterocycles. The fourth-order valence-electron chi connectivity index (χ4n) is 1.02. The van der Waals surface area contributed by atoms with Gasteiger partial charge in [0.1, 0.15) is 0 Å². The summed E-state index contributed by atoms with van der Waals surface area (Å²) in [5.41, 5.74) is 1.08. The Balaban J connectivity index is 3.03. The molecule has 0 aliphatic carbocycles. The Morgan fingerprint density at radius 3 is 2.58 bits per heavy atom. The van der Waals surface area contributed by atoms with Gasteiger partial charge in [0, 0.05) is 5.02 Å². The van der Waals surface area contributed by atoms with Gasteiger partial charge in [0.15, 0.2) is 0 Å². The lowest BCUT2D eigenvalue weighted by Gasteiger charge is -2.20. The van der Waals surface area contributed by atoms with E-state index in [-0.39, 0.29) is 4.87 Å². The van der Waals surface area contributed by atoms with Crippen LogP contribution >= 0.6 is 23.2 Å². The summed E-state index contributed by atoms with van der Waals surface area (Å²) in [6.45, 7) is 4.06. The van der Waals surface area contributed by atoms with Crippen LogP contribution in [-0.2, 0) is 4.87 Å². The van der Waals surface area contributed by atoms with Crippen LogP contribution in [0.15, 0.2) is 24.3 Å². The molecule has 0 radical (unpaired) electrons. The summed E-state index contributed by atoms with van der Waals surface area (Å²) in [7, 11) is 0. The first-order chi connectivity index (χ1) is 5.56. The largest absolute Gasteiger partial charge is 0.114 e. The maximum atomic E-state index is 6.26. The Morgan fingerprint density at radius 1 is 1.42 bits per heavy atom. The fourth-order valence-corrected chi connectivity index (χ4v) is 1.32.